The highest BCUT2D eigenvalue weighted by Gasteiger charge is 2.24. The Hall–Kier alpha value is -1.73. The van der Waals surface area contributed by atoms with Crippen LogP contribution in [0.3, 0.4) is 0 Å². The van der Waals surface area contributed by atoms with E-state index >= 15 is 0 Å². The summed E-state index contributed by atoms with van der Waals surface area (Å²) in [5.41, 5.74) is 0.816. The molecule has 3 nitrogen and oxygen atoms in total. The zero-order valence-electron chi connectivity index (χ0n) is 12.3. The third-order valence-electron chi connectivity index (χ3n) is 3.43. The first-order valence-electron chi connectivity index (χ1n) is 7.03. The van der Waals surface area contributed by atoms with Crippen LogP contribution in [0.2, 0.25) is 5.02 Å². The summed E-state index contributed by atoms with van der Waals surface area (Å²) < 4.78 is 41.3. The van der Waals surface area contributed by atoms with Gasteiger partial charge in [0.05, 0.1) is 16.0 Å². The fraction of sp³-hybridized carbons (Fsp3) is 0.0588. The SMILES string of the molecule is O=S(=O)(N[C@H](c1ccccc1)c1cccs1)c1ccc(F)c(Cl)c1. The molecular weight excluding hydrogens is 369 g/mol. The van der Waals surface area contributed by atoms with Crippen molar-refractivity contribution in [1.82, 2.24) is 4.72 Å². The Labute approximate surface area is 148 Å². The van der Waals surface area contributed by atoms with E-state index in [1.54, 1.807) is 0 Å². The van der Waals surface area contributed by atoms with Gasteiger partial charge in [0.2, 0.25) is 10.0 Å². The number of rotatable bonds is 5. The van der Waals surface area contributed by atoms with E-state index in [1.807, 2.05) is 47.8 Å². The first-order valence-corrected chi connectivity index (χ1v) is 9.77. The first-order chi connectivity index (χ1) is 11.5. The Balaban J connectivity index is 1.99. The van der Waals surface area contributed by atoms with Crippen LogP contribution < -0.4 is 4.72 Å². The molecule has 0 spiro atoms. The van der Waals surface area contributed by atoms with Gasteiger partial charge in [0, 0.05) is 4.88 Å². The van der Waals surface area contributed by atoms with Gasteiger partial charge in [0.25, 0.3) is 0 Å². The number of halogens is 2. The van der Waals surface area contributed by atoms with Gasteiger partial charge in [0.1, 0.15) is 5.82 Å². The van der Waals surface area contributed by atoms with E-state index in [2.05, 4.69) is 4.72 Å². The zero-order chi connectivity index (χ0) is 17.2. The summed E-state index contributed by atoms with van der Waals surface area (Å²) in [4.78, 5) is 0.782. The number of hydrogen-bond donors (Lipinski definition) is 1. The van der Waals surface area contributed by atoms with Crippen LogP contribution in [0.4, 0.5) is 4.39 Å². The Morgan fingerprint density at radius 2 is 1.79 bits per heavy atom. The summed E-state index contributed by atoms with van der Waals surface area (Å²) in [5, 5.41) is 1.65. The van der Waals surface area contributed by atoms with Crippen LogP contribution in [-0.4, -0.2) is 8.42 Å². The zero-order valence-corrected chi connectivity index (χ0v) is 14.7. The molecule has 3 rings (SSSR count). The maximum atomic E-state index is 13.3. The van der Waals surface area contributed by atoms with Gasteiger partial charge < -0.3 is 0 Å². The third-order valence-corrected chi connectivity index (χ3v) is 6.08. The average molecular weight is 382 g/mol. The van der Waals surface area contributed by atoms with Crippen molar-refractivity contribution in [2.24, 2.45) is 0 Å². The predicted molar refractivity (Wildman–Crippen MR) is 94.3 cm³/mol. The molecule has 1 N–H and O–H groups in total. The summed E-state index contributed by atoms with van der Waals surface area (Å²) in [6, 6.07) is 15.8. The van der Waals surface area contributed by atoms with Crippen LogP contribution in [-0.2, 0) is 10.0 Å². The highest BCUT2D eigenvalue weighted by atomic mass is 35.5. The van der Waals surface area contributed by atoms with Crippen LogP contribution in [0.5, 0.6) is 0 Å². The fourth-order valence-corrected chi connectivity index (χ4v) is 4.61. The van der Waals surface area contributed by atoms with Gasteiger partial charge in [-0.1, -0.05) is 48.0 Å². The van der Waals surface area contributed by atoms with Crippen molar-refractivity contribution in [3.8, 4) is 0 Å². The van der Waals surface area contributed by atoms with E-state index in [0.717, 1.165) is 22.6 Å². The lowest BCUT2D eigenvalue weighted by molar-refractivity contribution is 0.572. The molecule has 3 aromatic rings. The van der Waals surface area contributed by atoms with E-state index in [0.29, 0.717) is 0 Å². The molecule has 0 radical (unpaired) electrons. The van der Waals surface area contributed by atoms with Crippen LogP contribution in [0.1, 0.15) is 16.5 Å². The van der Waals surface area contributed by atoms with Crippen molar-refractivity contribution in [3.05, 3.63) is 87.3 Å². The number of sulfonamides is 1. The lowest BCUT2D eigenvalue weighted by atomic mass is 10.1. The number of thiophene rings is 1. The highest BCUT2D eigenvalue weighted by molar-refractivity contribution is 7.89. The first kappa shape index (κ1) is 17.1. The fourth-order valence-electron chi connectivity index (χ4n) is 2.26. The molecule has 1 heterocycles. The molecular formula is C17H13ClFNO2S2. The summed E-state index contributed by atoms with van der Waals surface area (Å²) in [6.07, 6.45) is 0. The molecule has 124 valence electrons. The van der Waals surface area contributed by atoms with E-state index in [-0.39, 0.29) is 9.92 Å². The molecule has 2 aromatic carbocycles. The van der Waals surface area contributed by atoms with Crippen molar-refractivity contribution < 1.29 is 12.8 Å². The molecule has 0 bridgehead atoms. The molecule has 0 aliphatic rings. The summed E-state index contributed by atoms with van der Waals surface area (Å²) in [6.45, 7) is 0. The number of nitrogens with one attached hydrogen (secondary N) is 1. The van der Waals surface area contributed by atoms with Crippen molar-refractivity contribution in [3.63, 3.8) is 0 Å². The Morgan fingerprint density at radius 3 is 2.42 bits per heavy atom. The van der Waals surface area contributed by atoms with Crippen molar-refractivity contribution in [1.29, 1.82) is 0 Å². The van der Waals surface area contributed by atoms with E-state index in [9.17, 15) is 12.8 Å². The molecule has 0 saturated heterocycles. The summed E-state index contributed by atoms with van der Waals surface area (Å²) >= 11 is 7.16. The van der Waals surface area contributed by atoms with E-state index in [1.165, 1.54) is 17.4 Å². The molecule has 0 aliphatic heterocycles. The lowest BCUT2D eigenvalue weighted by Gasteiger charge is -2.18. The second-order valence-corrected chi connectivity index (χ2v) is 8.16. The van der Waals surface area contributed by atoms with Crippen molar-refractivity contribution in [2.75, 3.05) is 0 Å². The Morgan fingerprint density at radius 1 is 1.04 bits per heavy atom. The van der Waals surface area contributed by atoms with Gasteiger partial charge in [-0.25, -0.2) is 12.8 Å². The lowest BCUT2D eigenvalue weighted by Crippen LogP contribution is -2.29. The topological polar surface area (TPSA) is 46.2 Å². The smallest absolute Gasteiger partial charge is 0.207 e. The minimum absolute atomic E-state index is 0.0774. The molecule has 24 heavy (non-hydrogen) atoms. The van der Waals surface area contributed by atoms with Gasteiger partial charge in [-0.05, 0) is 35.2 Å². The molecule has 1 atom stereocenters. The highest BCUT2D eigenvalue weighted by Crippen LogP contribution is 2.28. The van der Waals surface area contributed by atoms with Crippen LogP contribution in [0.25, 0.3) is 0 Å². The molecule has 0 fully saturated rings. The van der Waals surface area contributed by atoms with Crippen molar-refractivity contribution >= 4 is 33.0 Å². The minimum atomic E-state index is -3.87. The molecule has 0 amide bonds. The molecule has 0 unspecified atom stereocenters. The van der Waals surface area contributed by atoms with E-state index < -0.39 is 21.9 Å². The van der Waals surface area contributed by atoms with Crippen LogP contribution in [0, 0.1) is 5.82 Å². The molecule has 7 heteroatoms. The van der Waals surface area contributed by atoms with Gasteiger partial charge >= 0.3 is 0 Å². The second-order valence-electron chi connectivity index (χ2n) is 5.06. The standard InChI is InChI=1S/C17H13ClFNO2S2/c18-14-11-13(8-9-15(14)19)24(21,22)20-17(16-7-4-10-23-16)12-5-2-1-3-6-12/h1-11,17,20H/t17-/m1/s1. The summed E-state index contributed by atoms with van der Waals surface area (Å²) in [7, 11) is -3.87. The summed E-state index contributed by atoms with van der Waals surface area (Å²) in [5.74, 6) is -0.659. The van der Waals surface area contributed by atoms with Crippen molar-refractivity contribution in [2.45, 2.75) is 10.9 Å². The average Bonchev–Trinajstić information content (AvgIpc) is 3.10. The molecule has 1 aromatic heterocycles. The monoisotopic (exact) mass is 381 g/mol. The normalized spacial score (nSPS) is 12.9. The maximum Gasteiger partial charge on any atom is 0.241 e. The van der Waals surface area contributed by atoms with E-state index in [4.69, 9.17) is 11.6 Å². The Bertz CT molecular complexity index is 928. The third kappa shape index (κ3) is 3.67. The van der Waals surface area contributed by atoms with Gasteiger partial charge in [-0.3, -0.25) is 0 Å². The number of benzene rings is 2. The van der Waals surface area contributed by atoms with Gasteiger partial charge in [-0.15, -0.1) is 11.3 Å². The maximum absolute atomic E-state index is 13.3. The molecule has 0 saturated carbocycles. The minimum Gasteiger partial charge on any atom is -0.207 e. The molecule has 0 aliphatic carbocycles. The van der Waals surface area contributed by atoms with Gasteiger partial charge in [0.15, 0.2) is 0 Å². The predicted octanol–water partition coefficient (Wildman–Crippen LogP) is 4.61. The van der Waals surface area contributed by atoms with Gasteiger partial charge in [-0.2, -0.15) is 4.72 Å². The number of hydrogen-bond acceptors (Lipinski definition) is 3. The quantitative estimate of drug-likeness (QED) is 0.701. The Kier molecular flexibility index (Phi) is 5.01. The van der Waals surface area contributed by atoms with Crippen LogP contribution >= 0.6 is 22.9 Å². The largest absolute Gasteiger partial charge is 0.241 e. The van der Waals surface area contributed by atoms with Crippen LogP contribution in [0.15, 0.2) is 70.9 Å². The second kappa shape index (κ2) is 7.03.